The van der Waals surface area contributed by atoms with Crippen molar-refractivity contribution in [3.8, 4) is 0 Å². The van der Waals surface area contributed by atoms with Gasteiger partial charge in [0.2, 0.25) is 0 Å². The maximum atomic E-state index is 11.9. The smallest absolute Gasteiger partial charge is 0.495 e. The van der Waals surface area contributed by atoms with Gasteiger partial charge in [0.1, 0.15) is 5.76 Å². The highest BCUT2D eigenvalue weighted by molar-refractivity contribution is 6.62. The minimum absolute atomic E-state index is 0.211. The lowest BCUT2D eigenvalue weighted by molar-refractivity contribution is -0.140. The Balaban J connectivity index is 1.53. The van der Waals surface area contributed by atoms with Gasteiger partial charge in [-0.3, -0.25) is 4.79 Å². The summed E-state index contributed by atoms with van der Waals surface area (Å²) in [7, 11) is 2.76. The topological polar surface area (TPSA) is 54.0 Å². The monoisotopic (exact) mass is 466 g/mol. The summed E-state index contributed by atoms with van der Waals surface area (Å²) in [6.45, 7) is 8.29. The van der Waals surface area contributed by atoms with Crippen LogP contribution in [-0.2, 0) is 30.0 Å². The fraction of sp³-hybridized carbons (Fsp3) is 0.679. The zero-order valence-corrected chi connectivity index (χ0v) is 21.6. The van der Waals surface area contributed by atoms with E-state index in [2.05, 4.69) is 45.9 Å². The molecule has 184 valence electrons. The van der Waals surface area contributed by atoms with Crippen molar-refractivity contribution in [2.24, 2.45) is 23.7 Å². The maximum Gasteiger partial charge on any atom is 0.495 e. The second-order valence-corrected chi connectivity index (χ2v) is 11.9. The van der Waals surface area contributed by atoms with E-state index >= 15 is 0 Å². The third-order valence-electron chi connectivity index (χ3n) is 9.23. The molecule has 6 heteroatoms. The van der Waals surface area contributed by atoms with Crippen LogP contribution < -0.4 is 5.46 Å². The summed E-state index contributed by atoms with van der Waals surface area (Å²) in [5, 5.41) is 0. The first-order valence-corrected chi connectivity index (χ1v) is 13.0. The third-order valence-corrected chi connectivity index (χ3v) is 9.23. The lowest BCUT2D eigenvalue weighted by atomic mass is 9.54. The SMILES string of the molecule is COC(=O)CCc1ccc(C(OC)=C2C3CC4CC(C3)CC2C4)cc1B1OC(C)(C)C(C)(C)O1. The quantitative estimate of drug-likeness (QED) is 0.339. The second kappa shape index (κ2) is 8.71. The summed E-state index contributed by atoms with van der Waals surface area (Å²) in [5.74, 6) is 3.97. The molecule has 1 aliphatic heterocycles. The zero-order chi connectivity index (χ0) is 24.3. The molecule has 5 aliphatic rings. The first-order chi connectivity index (χ1) is 16.1. The highest BCUT2D eigenvalue weighted by Crippen LogP contribution is 2.58. The van der Waals surface area contributed by atoms with Gasteiger partial charge in [-0.2, -0.15) is 0 Å². The molecule has 0 atom stereocenters. The fourth-order valence-electron chi connectivity index (χ4n) is 6.96. The van der Waals surface area contributed by atoms with Crippen LogP contribution in [0.4, 0.5) is 0 Å². The standard InChI is InChI=1S/C28H39BO5/c1-27(2)28(3,4)34-29(33-27)23-16-20(8-7-19(23)9-10-24(30)31-5)26(32-6)25-21-12-17-11-18(14-21)15-22(25)13-17/h7-8,16-18,21-22H,9-15H2,1-6H3. The molecule has 0 amide bonds. The lowest BCUT2D eigenvalue weighted by Crippen LogP contribution is -2.41. The largest absolute Gasteiger partial charge is 0.496 e. The minimum Gasteiger partial charge on any atom is -0.496 e. The van der Waals surface area contributed by atoms with Crippen molar-refractivity contribution in [3.63, 3.8) is 0 Å². The van der Waals surface area contributed by atoms with Crippen LogP contribution in [0.1, 0.15) is 77.3 Å². The summed E-state index contributed by atoms with van der Waals surface area (Å²) in [6, 6.07) is 6.46. The Labute approximate surface area is 204 Å². The Morgan fingerprint density at radius 3 is 2.06 bits per heavy atom. The first-order valence-electron chi connectivity index (χ1n) is 13.0. The third kappa shape index (κ3) is 4.11. The summed E-state index contributed by atoms with van der Waals surface area (Å²) < 4.78 is 23.9. The number of methoxy groups -OCH3 is 2. The van der Waals surface area contributed by atoms with E-state index in [0.29, 0.717) is 24.7 Å². The van der Waals surface area contributed by atoms with Crippen molar-refractivity contribution in [3.05, 3.63) is 34.9 Å². The van der Waals surface area contributed by atoms with Crippen LogP contribution in [0.2, 0.25) is 0 Å². The molecule has 4 aliphatic carbocycles. The number of carbonyl (C=O) groups excluding carboxylic acids is 1. The first kappa shape index (κ1) is 23.9. The number of hydrogen-bond acceptors (Lipinski definition) is 5. The van der Waals surface area contributed by atoms with E-state index in [1.165, 1.54) is 44.8 Å². The van der Waals surface area contributed by atoms with E-state index in [4.69, 9.17) is 18.8 Å². The van der Waals surface area contributed by atoms with Crippen LogP contribution in [0, 0.1) is 23.7 Å². The van der Waals surface area contributed by atoms with Crippen molar-refractivity contribution in [1.29, 1.82) is 0 Å². The number of hydrogen-bond donors (Lipinski definition) is 0. The molecule has 5 nitrogen and oxygen atoms in total. The van der Waals surface area contributed by atoms with Gasteiger partial charge in [-0.1, -0.05) is 18.2 Å². The van der Waals surface area contributed by atoms with Gasteiger partial charge in [0.15, 0.2) is 0 Å². The molecule has 1 heterocycles. The van der Waals surface area contributed by atoms with Gasteiger partial charge in [0.25, 0.3) is 0 Å². The molecule has 1 saturated heterocycles. The molecule has 1 aromatic rings. The highest BCUT2D eigenvalue weighted by atomic mass is 16.7. The van der Waals surface area contributed by atoms with Crippen molar-refractivity contribution >= 4 is 24.3 Å². The summed E-state index contributed by atoms with van der Waals surface area (Å²) in [4.78, 5) is 11.9. The minimum atomic E-state index is -0.487. The Bertz CT molecular complexity index is 949. The average molecular weight is 466 g/mol. The Hall–Kier alpha value is -1.79. The second-order valence-electron chi connectivity index (χ2n) is 11.9. The van der Waals surface area contributed by atoms with Gasteiger partial charge in [-0.05, 0) is 106 Å². The zero-order valence-electron chi connectivity index (χ0n) is 21.6. The molecule has 0 unspecified atom stereocenters. The number of benzene rings is 1. The molecule has 0 radical (unpaired) electrons. The Morgan fingerprint density at radius 2 is 1.53 bits per heavy atom. The van der Waals surface area contributed by atoms with Crippen LogP contribution in [-0.4, -0.2) is 38.5 Å². The van der Waals surface area contributed by atoms with Crippen LogP contribution in [0.3, 0.4) is 0 Å². The van der Waals surface area contributed by atoms with Crippen molar-refractivity contribution < 1.29 is 23.6 Å². The molecule has 1 aromatic carbocycles. The predicted molar refractivity (Wildman–Crippen MR) is 133 cm³/mol. The molecule has 0 spiro atoms. The van der Waals surface area contributed by atoms with Crippen LogP contribution in [0.5, 0.6) is 0 Å². The van der Waals surface area contributed by atoms with Gasteiger partial charge >= 0.3 is 13.1 Å². The molecule has 34 heavy (non-hydrogen) atoms. The molecule has 0 N–H and O–H groups in total. The normalized spacial score (nSPS) is 30.5. The molecule has 5 fully saturated rings. The molecule has 4 saturated carbocycles. The summed E-state index contributed by atoms with van der Waals surface area (Å²) in [6.07, 6.45) is 7.61. The van der Waals surface area contributed by atoms with E-state index in [-0.39, 0.29) is 5.97 Å². The van der Waals surface area contributed by atoms with Crippen molar-refractivity contribution in [1.82, 2.24) is 0 Å². The van der Waals surface area contributed by atoms with E-state index < -0.39 is 18.3 Å². The maximum absolute atomic E-state index is 11.9. The average Bonchev–Trinajstić information content (AvgIpc) is 3.00. The molecule has 4 bridgehead atoms. The van der Waals surface area contributed by atoms with Crippen molar-refractivity contribution in [2.75, 3.05) is 14.2 Å². The fourth-order valence-corrected chi connectivity index (χ4v) is 6.96. The van der Waals surface area contributed by atoms with Gasteiger partial charge in [-0.15, -0.1) is 0 Å². The molecule has 6 rings (SSSR count). The highest BCUT2D eigenvalue weighted by Gasteiger charge is 2.52. The van der Waals surface area contributed by atoms with E-state index in [1.54, 1.807) is 0 Å². The number of allylic oxidation sites excluding steroid dienone is 1. The van der Waals surface area contributed by atoms with E-state index in [9.17, 15) is 4.79 Å². The van der Waals surface area contributed by atoms with E-state index in [0.717, 1.165) is 34.2 Å². The number of aryl methyl sites for hydroxylation is 1. The van der Waals surface area contributed by atoms with Gasteiger partial charge in [-0.25, -0.2) is 0 Å². The van der Waals surface area contributed by atoms with Crippen LogP contribution in [0.25, 0.3) is 5.76 Å². The number of esters is 1. The number of rotatable bonds is 6. The van der Waals surface area contributed by atoms with Gasteiger partial charge in [0, 0.05) is 12.0 Å². The molecular formula is C28H39BO5. The Morgan fingerprint density at radius 1 is 0.941 bits per heavy atom. The number of carbonyl (C=O) groups is 1. The number of ether oxygens (including phenoxy) is 2. The van der Waals surface area contributed by atoms with Gasteiger partial charge in [0.05, 0.1) is 25.4 Å². The summed E-state index contributed by atoms with van der Waals surface area (Å²) >= 11 is 0. The van der Waals surface area contributed by atoms with E-state index in [1.807, 2.05) is 7.11 Å². The van der Waals surface area contributed by atoms with Crippen molar-refractivity contribution in [2.45, 2.75) is 83.8 Å². The van der Waals surface area contributed by atoms with Gasteiger partial charge < -0.3 is 18.8 Å². The predicted octanol–water partition coefficient (Wildman–Crippen LogP) is 4.91. The van der Waals surface area contributed by atoms with Crippen LogP contribution in [0.15, 0.2) is 23.8 Å². The Kier molecular flexibility index (Phi) is 6.13. The summed E-state index contributed by atoms with van der Waals surface area (Å²) in [5.41, 5.74) is 3.81. The lowest BCUT2D eigenvalue weighted by Gasteiger charge is -2.51. The molecular weight excluding hydrogens is 427 g/mol. The van der Waals surface area contributed by atoms with Crippen LogP contribution >= 0.6 is 0 Å². The molecule has 0 aromatic heterocycles.